The van der Waals surface area contributed by atoms with Gasteiger partial charge < -0.3 is 10.2 Å². The van der Waals surface area contributed by atoms with E-state index in [1.54, 1.807) is 4.31 Å². The zero-order valence-electron chi connectivity index (χ0n) is 16.7. The van der Waals surface area contributed by atoms with Crippen molar-refractivity contribution in [2.45, 2.75) is 19.8 Å². The van der Waals surface area contributed by atoms with E-state index in [2.05, 4.69) is 52.5 Å². The molecule has 1 aromatic carbocycles. The molecule has 2 heterocycles. The lowest BCUT2D eigenvalue weighted by atomic mass is 9.99. The first-order valence-electron chi connectivity index (χ1n) is 10.2. The van der Waals surface area contributed by atoms with E-state index < -0.39 is 10.0 Å². The molecular formula is C20H32N4O2S2. The van der Waals surface area contributed by atoms with E-state index in [1.807, 2.05) is 11.8 Å². The highest BCUT2D eigenvalue weighted by Crippen LogP contribution is 2.21. The summed E-state index contributed by atoms with van der Waals surface area (Å²) < 4.78 is 26.7. The summed E-state index contributed by atoms with van der Waals surface area (Å²) in [5.41, 5.74) is 1.38. The van der Waals surface area contributed by atoms with Gasteiger partial charge in [0.1, 0.15) is 0 Å². The second kappa shape index (κ2) is 10.5. The molecule has 8 heteroatoms. The number of hydrogen-bond donors (Lipinski definition) is 1. The van der Waals surface area contributed by atoms with Crippen LogP contribution in [0, 0.1) is 5.92 Å². The second-order valence-electron chi connectivity index (χ2n) is 7.35. The lowest BCUT2D eigenvalue weighted by Crippen LogP contribution is -2.42. The number of rotatable bonds is 7. The van der Waals surface area contributed by atoms with Crippen LogP contribution in [0.4, 0.5) is 0 Å². The molecule has 28 heavy (non-hydrogen) atoms. The molecule has 0 aromatic heterocycles. The predicted molar refractivity (Wildman–Crippen MR) is 118 cm³/mol. The van der Waals surface area contributed by atoms with Crippen LogP contribution in [0.2, 0.25) is 0 Å². The average molecular weight is 425 g/mol. The monoisotopic (exact) mass is 424 g/mol. The van der Waals surface area contributed by atoms with Gasteiger partial charge in [0.25, 0.3) is 0 Å². The molecule has 0 saturated carbocycles. The number of hydrogen-bond acceptors (Lipinski definition) is 4. The molecule has 0 bridgehead atoms. The van der Waals surface area contributed by atoms with Crippen molar-refractivity contribution < 1.29 is 8.42 Å². The quantitative estimate of drug-likeness (QED) is 0.535. The Labute approximate surface area is 173 Å². The molecule has 3 rings (SSSR count). The highest BCUT2D eigenvalue weighted by atomic mass is 32.2. The smallest absolute Gasteiger partial charge is 0.215 e. The van der Waals surface area contributed by atoms with E-state index in [-0.39, 0.29) is 5.75 Å². The van der Waals surface area contributed by atoms with Crippen LogP contribution in [-0.4, -0.2) is 80.1 Å². The van der Waals surface area contributed by atoms with Gasteiger partial charge in [0.2, 0.25) is 10.0 Å². The van der Waals surface area contributed by atoms with E-state index in [4.69, 9.17) is 0 Å². The molecule has 6 nitrogen and oxygen atoms in total. The second-order valence-corrected chi connectivity index (χ2v) is 10.7. The highest BCUT2D eigenvalue weighted by molar-refractivity contribution is 7.99. The summed E-state index contributed by atoms with van der Waals surface area (Å²) in [6, 6.07) is 10.6. The van der Waals surface area contributed by atoms with Crippen LogP contribution in [0.1, 0.15) is 18.9 Å². The third-order valence-corrected chi connectivity index (χ3v) is 8.05. The molecule has 0 amide bonds. The summed E-state index contributed by atoms with van der Waals surface area (Å²) in [5, 5.41) is 3.34. The minimum atomic E-state index is -3.20. The van der Waals surface area contributed by atoms with Gasteiger partial charge in [0, 0.05) is 44.2 Å². The Bertz CT molecular complexity index is 734. The number of sulfonamides is 1. The van der Waals surface area contributed by atoms with Gasteiger partial charge in [-0.2, -0.15) is 11.8 Å². The fraction of sp³-hybridized carbons (Fsp3) is 0.650. The van der Waals surface area contributed by atoms with Crippen LogP contribution < -0.4 is 5.32 Å². The summed E-state index contributed by atoms with van der Waals surface area (Å²) in [4.78, 5) is 6.92. The maximum atomic E-state index is 12.5. The number of nitrogens with one attached hydrogen (secondary N) is 1. The van der Waals surface area contributed by atoms with Crippen molar-refractivity contribution in [1.82, 2.24) is 14.5 Å². The molecule has 1 unspecified atom stereocenters. The zero-order valence-corrected chi connectivity index (χ0v) is 18.3. The first-order chi connectivity index (χ1) is 13.6. The number of likely N-dealkylation sites (tertiary alicyclic amines) is 1. The summed E-state index contributed by atoms with van der Waals surface area (Å²) in [6.45, 7) is 6.35. The molecule has 1 aromatic rings. The Balaban J connectivity index is 1.54. The number of thioether (sulfide) groups is 1. The minimum Gasteiger partial charge on any atom is -0.357 e. The lowest BCUT2D eigenvalue weighted by Gasteiger charge is -2.25. The van der Waals surface area contributed by atoms with Crippen LogP contribution >= 0.6 is 11.8 Å². The Morgan fingerprint density at radius 2 is 1.96 bits per heavy atom. The van der Waals surface area contributed by atoms with Gasteiger partial charge in [-0.25, -0.2) is 12.7 Å². The van der Waals surface area contributed by atoms with E-state index >= 15 is 0 Å². The molecule has 0 aliphatic carbocycles. The van der Waals surface area contributed by atoms with Crippen molar-refractivity contribution in [1.29, 1.82) is 0 Å². The highest BCUT2D eigenvalue weighted by Gasteiger charge is 2.26. The Hall–Kier alpha value is -1.25. The van der Waals surface area contributed by atoms with Gasteiger partial charge in [-0.15, -0.1) is 0 Å². The summed E-state index contributed by atoms with van der Waals surface area (Å²) in [7, 11) is -3.20. The van der Waals surface area contributed by atoms with Crippen molar-refractivity contribution in [3.05, 3.63) is 35.9 Å². The third-order valence-electron chi connectivity index (χ3n) is 5.26. The number of aliphatic imine (C=N–C) groups is 1. The molecule has 1 N–H and O–H groups in total. The number of benzene rings is 1. The van der Waals surface area contributed by atoms with Gasteiger partial charge in [-0.3, -0.25) is 4.99 Å². The minimum absolute atomic E-state index is 0.0911. The Kier molecular flexibility index (Phi) is 8.05. The number of guanidine groups is 1. The largest absolute Gasteiger partial charge is 0.357 e. The molecular weight excluding hydrogens is 392 g/mol. The Morgan fingerprint density at radius 3 is 2.68 bits per heavy atom. The van der Waals surface area contributed by atoms with Gasteiger partial charge >= 0.3 is 0 Å². The maximum absolute atomic E-state index is 12.5. The van der Waals surface area contributed by atoms with Crippen molar-refractivity contribution in [3.8, 4) is 0 Å². The first-order valence-corrected chi connectivity index (χ1v) is 13.0. The fourth-order valence-corrected chi connectivity index (χ4v) is 6.24. The maximum Gasteiger partial charge on any atom is 0.215 e. The van der Waals surface area contributed by atoms with Crippen molar-refractivity contribution >= 4 is 27.7 Å². The van der Waals surface area contributed by atoms with Crippen LogP contribution in [0.3, 0.4) is 0 Å². The molecule has 2 aliphatic heterocycles. The molecule has 1 atom stereocenters. The van der Waals surface area contributed by atoms with Gasteiger partial charge in [-0.05, 0) is 31.2 Å². The zero-order chi connectivity index (χ0) is 19.8. The summed E-state index contributed by atoms with van der Waals surface area (Å²) in [5.74, 6) is 3.33. The summed E-state index contributed by atoms with van der Waals surface area (Å²) >= 11 is 1.82. The van der Waals surface area contributed by atoms with E-state index in [9.17, 15) is 8.42 Å². The predicted octanol–water partition coefficient (Wildman–Crippen LogP) is 1.90. The molecule has 0 spiro atoms. The average Bonchev–Trinajstić information content (AvgIpc) is 3.17. The van der Waals surface area contributed by atoms with Crippen LogP contribution in [0.5, 0.6) is 0 Å². The van der Waals surface area contributed by atoms with E-state index in [0.29, 0.717) is 25.6 Å². The lowest BCUT2D eigenvalue weighted by molar-refractivity contribution is 0.443. The van der Waals surface area contributed by atoms with Crippen LogP contribution in [0.15, 0.2) is 35.3 Å². The number of nitrogens with zero attached hydrogens (tertiary/aromatic N) is 3. The third kappa shape index (κ3) is 6.12. The van der Waals surface area contributed by atoms with Crippen LogP contribution in [-0.2, 0) is 16.4 Å². The van der Waals surface area contributed by atoms with E-state index in [0.717, 1.165) is 49.9 Å². The van der Waals surface area contributed by atoms with Crippen molar-refractivity contribution in [2.75, 3.05) is 56.5 Å². The molecule has 156 valence electrons. The fourth-order valence-electron chi connectivity index (χ4n) is 3.79. The topological polar surface area (TPSA) is 65.0 Å². The van der Waals surface area contributed by atoms with Gasteiger partial charge in [-0.1, -0.05) is 30.3 Å². The van der Waals surface area contributed by atoms with Gasteiger partial charge in [0.05, 0.1) is 12.3 Å². The standard InChI is InChI=1S/C20H32N4O2S2/c1-2-21-20(22-9-15-28(25,26)24-11-13-27-14-12-24)23-10-8-19(17-23)16-18-6-4-3-5-7-18/h3-7,19H,2,8-17H2,1H3,(H,21,22). The first kappa shape index (κ1) is 21.5. The Morgan fingerprint density at radius 1 is 1.21 bits per heavy atom. The SMILES string of the molecule is CCNC(=NCCS(=O)(=O)N1CCSCC1)N1CCC(Cc2ccccc2)C1. The normalized spacial score (nSPS) is 21.8. The molecule has 0 radical (unpaired) electrons. The molecule has 2 saturated heterocycles. The van der Waals surface area contributed by atoms with E-state index in [1.165, 1.54) is 5.56 Å². The van der Waals surface area contributed by atoms with Crippen molar-refractivity contribution in [2.24, 2.45) is 10.9 Å². The van der Waals surface area contributed by atoms with Crippen LogP contribution in [0.25, 0.3) is 0 Å². The van der Waals surface area contributed by atoms with Gasteiger partial charge in [0.15, 0.2) is 5.96 Å². The molecule has 2 fully saturated rings. The summed E-state index contributed by atoms with van der Waals surface area (Å²) in [6.07, 6.45) is 2.22. The molecule has 2 aliphatic rings. The van der Waals surface area contributed by atoms with Crippen molar-refractivity contribution in [3.63, 3.8) is 0 Å².